The molecule has 4 aromatic carbocycles. The zero-order valence-electron chi connectivity index (χ0n) is 28.6. The molecule has 0 saturated carbocycles. The summed E-state index contributed by atoms with van der Waals surface area (Å²) in [5.74, 6) is 0. The number of H-pyrrole nitrogens is 1. The molecule has 0 atom stereocenters. The molecule has 0 unspecified atom stereocenters. The molecule has 15 heteroatoms. The van der Waals surface area contributed by atoms with E-state index < -0.39 is 8.57 Å². The van der Waals surface area contributed by atoms with Crippen LogP contribution in [0.2, 0.25) is 5.15 Å². The number of hydrogen-bond donors (Lipinski definition) is 1. The van der Waals surface area contributed by atoms with Crippen LogP contribution in [-0.4, -0.2) is 9.97 Å². The van der Waals surface area contributed by atoms with Gasteiger partial charge in [-0.15, -0.1) is 0 Å². The average molecular weight is 911 g/mol. The summed E-state index contributed by atoms with van der Waals surface area (Å²) in [7, 11) is 0. The van der Waals surface area contributed by atoms with Crippen molar-refractivity contribution in [2.24, 2.45) is 10.8 Å². The molecule has 0 spiro atoms. The number of hydrogen-bond acceptors (Lipinski definition) is 3. The van der Waals surface area contributed by atoms with Crippen LogP contribution in [0.15, 0.2) is 89.7 Å². The minimum atomic E-state index is -3.69. The van der Waals surface area contributed by atoms with Crippen molar-refractivity contribution < 1.29 is 4.57 Å². The minimum Gasteiger partial charge on any atom is -0.271 e. The number of pyridine rings is 2. The SMILES string of the molecule is CC(C)(C)Cc1ccc2[nH]c(=O)c3ccccc3c2c1.CC(C)(C)Cc1ccc2nc(Cl)c3ccccc3c2c1.ClP(Cl)(Cl)(Cl)Cl.O=P(Cl)(Cl)Cl. The van der Waals surface area contributed by atoms with Gasteiger partial charge in [-0.05, 0) is 110 Å². The summed E-state index contributed by atoms with van der Waals surface area (Å²) in [6.45, 7) is 13.5. The summed E-state index contributed by atoms with van der Waals surface area (Å²) in [6, 6.07) is 28.8. The zero-order chi connectivity index (χ0) is 38.6. The molecule has 0 fully saturated rings. The predicted octanol–water partition coefficient (Wildman–Crippen LogP) is 17.0. The topological polar surface area (TPSA) is 62.8 Å². The minimum absolute atomic E-state index is 0.0170. The Hall–Kier alpha value is -0.710. The predicted molar refractivity (Wildman–Crippen MR) is 234 cm³/mol. The number of benzene rings is 4. The van der Waals surface area contributed by atoms with Crippen molar-refractivity contribution in [2.75, 3.05) is 0 Å². The molecule has 6 rings (SSSR count). The molecule has 0 radical (unpaired) electrons. The Balaban J connectivity index is 0.000000214. The van der Waals surface area contributed by atoms with Crippen molar-refractivity contribution in [1.29, 1.82) is 0 Å². The molecule has 51 heavy (non-hydrogen) atoms. The molecule has 2 heterocycles. The van der Waals surface area contributed by atoms with Gasteiger partial charge in [0.2, 0.25) is 0 Å². The maximum Gasteiger partial charge on any atom is 0.339 e. The maximum atomic E-state index is 12.1. The first-order valence-electron chi connectivity index (χ1n) is 15.4. The molecule has 2 aromatic heterocycles. The standard InChI is InChI=1S/C18H18ClN.C18H19NO.Cl5P.Cl3OP/c1-18(2,3)11-12-8-9-16-15(10-12)13-6-4-5-7-14(13)17(19)20-16;1-18(2,3)11-12-8-9-16-15(10-12)13-6-4-5-7-14(13)17(20)19-16;1-6(2,3,4)5;1-5(2,3)4/h4-10H,11H2,1-3H3;4-10H,11H2,1-3H3,(H,19,20);;. The van der Waals surface area contributed by atoms with Gasteiger partial charge in [-0.1, -0.05) is 108 Å². The molecule has 4 nitrogen and oxygen atoms in total. The smallest absolute Gasteiger partial charge is 0.271 e. The van der Waals surface area contributed by atoms with Gasteiger partial charge >= 0.3 is 64.8 Å². The van der Waals surface area contributed by atoms with E-state index in [4.69, 9.17) is 67.8 Å². The van der Waals surface area contributed by atoms with Gasteiger partial charge in [0.15, 0.2) is 0 Å². The fraction of sp³-hybridized carbons (Fsp3) is 0.278. The van der Waals surface area contributed by atoms with E-state index in [2.05, 4.69) is 128 Å². The summed E-state index contributed by atoms with van der Waals surface area (Å²) in [5.41, 5.74) is 5.05. The number of halogens is 9. The van der Waals surface area contributed by atoms with Crippen LogP contribution < -0.4 is 5.56 Å². The molecule has 0 aliphatic heterocycles. The Morgan fingerprint density at radius 3 is 1.49 bits per heavy atom. The van der Waals surface area contributed by atoms with E-state index in [1.807, 2.05) is 42.5 Å². The molecular weight excluding hydrogens is 873 g/mol. The second-order valence-electron chi connectivity index (χ2n) is 14.2. The van der Waals surface area contributed by atoms with Crippen LogP contribution in [0.1, 0.15) is 52.7 Å². The summed E-state index contributed by atoms with van der Waals surface area (Å²) in [5, 5.41) is 3.66. The molecular formula is C36H37Cl9N2O2P2. The van der Waals surface area contributed by atoms with Crippen LogP contribution >= 0.6 is 110 Å². The van der Waals surface area contributed by atoms with Gasteiger partial charge < -0.3 is 4.98 Å². The second-order valence-corrected chi connectivity index (χ2v) is 37.8. The van der Waals surface area contributed by atoms with Gasteiger partial charge in [0.05, 0.1) is 5.52 Å². The fourth-order valence-electron chi connectivity index (χ4n) is 5.43. The Bertz CT molecular complexity index is 2240. The van der Waals surface area contributed by atoms with Gasteiger partial charge in [0.25, 0.3) is 5.56 Å². The Morgan fingerprint density at radius 2 is 1.02 bits per heavy atom. The van der Waals surface area contributed by atoms with E-state index in [0.717, 1.165) is 45.4 Å². The van der Waals surface area contributed by atoms with E-state index >= 15 is 0 Å². The Kier molecular flexibility index (Phi) is 15.2. The molecule has 1 N–H and O–H groups in total. The first-order valence-corrected chi connectivity index (χ1v) is 27.0. The number of rotatable bonds is 2. The van der Waals surface area contributed by atoms with Gasteiger partial charge in [0.1, 0.15) is 5.15 Å². The molecule has 276 valence electrons. The second kappa shape index (κ2) is 17.4. The van der Waals surface area contributed by atoms with Crippen LogP contribution in [0.25, 0.3) is 43.4 Å². The number of nitrogens with zero attached hydrogens (tertiary/aromatic N) is 1. The third-order valence-electron chi connectivity index (χ3n) is 6.98. The third-order valence-corrected chi connectivity index (χ3v) is 7.27. The zero-order valence-corrected chi connectivity index (χ0v) is 37.1. The van der Waals surface area contributed by atoms with Gasteiger partial charge in [0, 0.05) is 27.1 Å². The van der Waals surface area contributed by atoms with E-state index in [1.165, 1.54) is 21.9 Å². The van der Waals surface area contributed by atoms with Crippen molar-refractivity contribution in [2.45, 2.75) is 54.4 Å². The first kappa shape index (κ1) is 44.7. The van der Waals surface area contributed by atoms with Gasteiger partial charge in [-0.3, -0.25) is 9.36 Å². The van der Waals surface area contributed by atoms with Crippen molar-refractivity contribution in [3.63, 3.8) is 0 Å². The van der Waals surface area contributed by atoms with E-state index in [-0.39, 0.29) is 16.4 Å². The van der Waals surface area contributed by atoms with Crippen LogP contribution in [0, 0.1) is 10.8 Å². The maximum absolute atomic E-state index is 12.1. The van der Waals surface area contributed by atoms with Crippen molar-refractivity contribution in [3.05, 3.63) is 112 Å². The molecule has 0 amide bonds. The average Bonchev–Trinajstić information content (AvgIpc) is 2.95. The summed E-state index contributed by atoms with van der Waals surface area (Å²) in [4.78, 5) is 19.5. The van der Waals surface area contributed by atoms with E-state index in [9.17, 15) is 9.36 Å². The van der Waals surface area contributed by atoms with E-state index in [1.54, 1.807) is 0 Å². The van der Waals surface area contributed by atoms with Crippen molar-refractivity contribution >= 4 is 153 Å². The normalized spacial score (nSPS) is 13.0. The number of aromatic amines is 1. The third kappa shape index (κ3) is 16.7. The largest absolute Gasteiger partial charge is 0.339 e. The molecule has 0 bridgehead atoms. The van der Waals surface area contributed by atoms with Crippen molar-refractivity contribution in [1.82, 2.24) is 9.97 Å². The molecule has 0 aliphatic rings. The fourth-order valence-corrected chi connectivity index (χ4v) is 5.69. The Morgan fingerprint density at radius 1 is 0.627 bits per heavy atom. The van der Waals surface area contributed by atoms with Crippen molar-refractivity contribution in [3.8, 4) is 0 Å². The Labute approximate surface area is 342 Å². The summed E-state index contributed by atoms with van der Waals surface area (Å²) >= 11 is 45.0. The number of aromatic nitrogens is 2. The molecule has 0 aliphatic carbocycles. The van der Waals surface area contributed by atoms with Crippen LogP contribution in [-0.2, 0) is 17.4 Å². The molecule has 6 aromatic rings. The van der Waals surface area contributed by atoms with Crippen LogP contribution in [0.4, 0.5) is 0 Å². The summed E-state index contributed by atoms with van der Waals surface area (Å²) < 4.78 is 5.82. The van der Waals surface area contributed by atoms with Gasteiger partial charge in [-0.2, -0.15) is 0 Å². The molecule has 0 saturated heterocycles. The monoisotopic (exact) mass is 906 g/mol. The number of nitrogens with one attached hydrogen (secondary N) is 1. The summed E-state index contributed by atoms with van der Waals surface area (Å²) in [6.07, 6.45) is 2.08. The quantitative estimate of drug-likeness (QED) is 0.107. The number of fused-ring (bicyclic) bond motifs is 6. The first-order chi connectivity index (χ1) is 23.1. The van der Waals surface area contributed by atoms with Crippen LogP contribution in [0.5, 0.6) is 0 Å². The van der Waals surface area contributed by atoms with E-state index in [0.29, 0.717) is 5.15 Å². The van der Waals surface area contributed by atoms with Crippen LogP contribution in [0.3, 0.4) is 0 Å². The van der Waals surface area contributed by atoms with Gasteiger partial charge in [-0.25, -0.2) is 4.98 Å².